The lowest BCUT2D eigenvalue weighted by Gasteiger charge is -2.23. The van der Waals surface area contributed by atoms with E-state index in [1.807, 2.05) is 41.1 Å². The lowest BCUT2D eigenvalue weighted by atomic mass is 10.2. The molecule has 0 aliphatic heterocycles. The van der Waals surface area contributed by atoms with E-state index in [4.69, 9.17) is 9.84 Å². The average Bonchev–Trinajstić information content (AvgIpc) is 3.00. The van der Waals surface area contributed by atoms with Crippen LogP contribution in [0.15, 0.2) is 41.1 Å². The molecule has 2 aromatic rings. The first-order valence-corrected chi connectivity index (χ1v) is 7.49. The Morgan fingerprint density at radius 1 is 1.38 bits per heavy atom. The van der Waals surface area contributed by atoms with Crippen molar-refractivity contribution in [3.63, 3.8) is 0 Å². The van der Waals surface area contributed by atoms with E-state index in [0.717, 1.165) is 17.0 Å². The summed E-state index contributed by atoms with van der Waals surface area (Å²) in [5, 5.41) is 15.7. The molecule has 0 saturated carbocycles. The highest BCUT2D eigenvalue weighted by Gasteiger charge is 2.15. The number of aliphatic hydroxyl groups excluding tert-OH is 1. The Kier molecular flexibility index (Phi) is 5.59. The van der Waals surface area contributed by atoms with Crippen molar-refractivity contribution < 1.29 is 14.6 Å². The predicted molar refractivity (Wildman–Crippen MR) is 83.8 cm³/mol. The largest absolute Gasteiger partial charge is 0.496 e. The summed E-state index contributed by atoms with van der Waals surface area (Å²) in [4.78, 5) is 13.8. The molecule has 6 heteroatoms. The summed E-state index contributed by atoms with van der Waals surface area (Å²) >= 11 is 1.51. The zero-order valence-electron chi connectivity index (χ0n) is 11.8. The monoisotopic (exact) mass is 306 g/mol. The van der Waals surface area contributed by atoms with Gasteiger partial charge in [-0.05, 0) is 17.5 Å². The third kappa shape index (κ3) is 4.21. The number of urea groups is 1. The molecule has 0 bridgehead atoms. The van der Waals surface area contributed by atoms with E-state index in [0.29, 0.717) is 6.54 Å². The standard InChI is InChI=1S/C15H18N2O3S/c1-20-14-5-3-2-4-12(14)10-17(7-8-18)15(19)16-13-6-9-21-11-13/h2-6,9,11,18H,7-8,10H2,1H3,(H,16,19). The van der Waals surface area contributed by atoms with Gasteiger partial charge in [0.05, 0.1) is 25.9 Å². The third-order valence-electron chi connectivity index (χ3n) is 2.98. The van der Waals surface area contributed by atoms with Crippen LogP contribution in [0.25, 0.3) is 0 Å². The van der Waals surface area contributed by atoms with Crippen molar-refractivity contribution in [2.24, 2.45) is 0 Å². The number of carbonyl (C=O) groups excluding carboxylic acids is 1. The van der Waals surface area contributed by atoms with Crippen LogP contribution < -0.4 is 10.1 Å². The molecule has 21 heavy (non-hydrogen) atoms. The van der Waals surface area contributed by atoms with Gasteiger partial charge in [0.15, 0.2) is 0 Å². The first-order chi connectivity index (χ1) is 10.2. The molecule has 1 aromatic heterocycles. The number of methoxy groups -OCH3 is 1. The van der Waals surface area contributed by atoms with Gasteiger partial charge in [-0.1, -0.05) is 18.2 Å². The minimum atomic E-state index is -0.242. The molecule has 0 saturated heterocycles. The minimum Gasteiger partial charge on any atom is -0.496 e. The van der Waals surface area contributed by atoms with E-state index in [-0.39, 0.29) is 19.2 Å². The molecule has 2 amide bonds. The number of hydrogen-bond donors (Lipinski definition) is 2. The molecule has 0 aliphatic rings. The summed E-state index contributed by atoms with van der Waals surface area (Å²) in [7, 11) is 1.60. The summed E-state index contributed by atoms with van der Waals surface area (Å²) < 4.78 is 5.29. The lowest BCUT2D eigenvalue weighted by Crippen LogP contribution is -2.36. The molecule has 0 aliphatic carbocycles. The predicted octanol–water partition coefficient (Wildman–Crippen LogP) is 2.78. The molecule has 0 fully saturated rings. The van der Waals surface area contributed by atoms with Crippen molar-refractivity contribution in [1.82, 2.24) is 4.90 Å². The van der Waals surface area contributed by atoms with Crippen LogP contribution in [-0.4, -0.2) is 36.3 Å². The molecule has 2 rings (SSSR count). The molecular weight excluding hydrogens is 288 g/mol. The fourth-order valence-electron chi connectivity index (χ4n) is 1.95. The first kappa shape index (κ1) is 15.3. The minimum absolute atomic E-state index is 0.0911. The highest BCUT2D eigenvalue weighted by Crippen LogP contribution is 2.20. The van der Waals surface area contributed by atoms with E-state index in [1.54, 1.807) is 12.0 Å². The van der Waals surface area contributed by atoms with Crippen LogP contribution in [0.3, 0.4) is 0 Å². The number of hydrogen-bond acceptors (Lipinski definition) is 4. The fourth-order valence-corrected chi connectivity index (χ4v) is 2.54. The highest BCUT2D eigenvalue weighted by atomic mass is 32.1. The van der Waals surface area contributed by atoms with E-state index in [2.05, 4.69) is 5.32 Å². The Balaban J connectivity index is 2.09. The lowest BCUT2D eigenvalue weighted by molar-refractivity contribution is 0.184. The molecule has 0 radical (unpaired) electrons. The number of rotatable bonds is 6. The van der Waals surface area contributed by atoms with Crippen LogP contribution in [0.1, 0.15) is 5.56 Å². The normalized spacial score (nSPS) is 10.2. The van der Waals surface area contributed by atoms with Crippen LogP contribution in [0.4, 0.5) is 10.5 Å². The zero-order chi connectivity index (χ0) is 15.1. The quantitative estimate of drug-likeness (QED) is 0.862. The Hall–Kier alpha value is -2.05. The number of carbonyl (C=O) groups is 1. The number of anilines is 1. The second-order valence-corrected chi connectivity index (χ2v) is 5.18. The fraction of sp³-hybridized carbons (Fsp3) is 0.267. The number of benzene rings is 1. The Labute approximate surface area is 127 Å². The van der Waals surface area contributed by atoms with Gasteiger partial charge in [-0.3, -0.25) is 0 Å². The van der Waals surface area contributed by atoms with Crippen molar-refractivity contribution in [2.45, 2.75) is 6.54 Å². The van der Waals surface area contributed by atoms with Crippen molar-refractivity contribution in [2.75, 3.05) is 25.6 Å². The van der Waals surface area contributed by atoms with Crippen LogP contribution >= 0.6 is 11.3 Å². The molecule has 0 spiro atoms. The summed E-state index contributed by atoms with van der Waals surface area (Å²) in [5.41, 5.74) is 1.65. The number of para-hydroxylation sites is 1. The van der Waals surface area contributed by atoms with Gasteiger partial charge in [0.2, 0.25) is 0 Å². The van der Waals surface area contributed by atoms with Crippen molar-refractivity contribution >= 4 is 23.1 Å². The maximum absolute atomic E-state index is 12.3. The first-order valence-electron chi connectivity index (χ1n) is 6.55. The van der Waals surface area contributed by atoms with Crippen LogP contribution in [0.2, 0.25) is 0 Å². The second kappa shape index (κ2) is 7.66. The highest BCUT2D eigenvalue weighted by molar-refractivity contribution is 7.08. The van der Waals surface area contributed by atoms with Gasteiger partial charge in [-0.25, -0.2) is 4.79 Å². The summed E-state index contributed by atoms with van der Waals surface area (Å²) in [6, 6.07) is 9.12. The van der Waals surface area contributed by atoms with E-state index in [1.165, 1.54) is 11.3 Å². The average molecular weight is 306 g/mol. The summed E-state index contributed by atoms with van der Waals surface area (Å²) in [6.45, 7) is 0.542. The molecular formula is C15H18N2O3S. The van der Waals surface area contributed by atoms with E-state index in [9.17, 15) is 4.79 Å². The topological polar surface area (TPSA) is 61.8 Å². The maximum Gasteiger partial charge on any atom is 0.322 e. The number of thiophene rings is 1. The van der Waals surface area contributed by atoms with E-state index < -0.39 is 0 Å². The van der Waals surface area contributed by atoms with Gasteiger partial charge in [-0.15, -0.1) is 0 Å². The Bertz CT molecular complexity index is 572. The molecule has 1 aromatic carbocycles. The second-order valence-electron chi connectivity index (χ2n) is 4.40. The van der Waals surface area contributed by atoms with Gasteiger partial charge >= 0.3 is 6.03 Å². The van der Waals surface area contributed by atoms with Crippen molar-refractivity contribution in [3.05, 3.63) is 46.7 Å². The van der Waals surface area contributed by atoms with Gasteiger partial charge in [0.25, 0.3) is 0 Å². The number of nitrogens with one attached hydrogen (secondary N) is 1. The summed E-state index contributed by atoms with van der Waals surface area (Å²) in [6.07, 6.45) is 0. The van der Waals surface area contributed by atoms with Gasteiger partial charge in [-0.2, -0.15) is 11.3 Å². The number of nitrogens with zero attached hydrogens (tertiary/aromatic N) is 1. The third-order valence-corrected chi connectivity index (χ3v) is 3.67. The van der Waals surface area contributed by atoms with Crippen LogP contribution in [0, 0.1) is 0 Å². The van der Waals surface area contributed by atoms with Gasteiger partial charge < -0.3 is 20.1 Å². The van der Waals surface area contributed by atoms with E-state index >= 15 is 0 Å². The number of ether oxygens (including phenoxy) is 1. The molecule has 1 heterocycles. The smallest absolute Gasteiger partial charge is 0.322 e. The Morgan fingerprint density at radius 2 is 2.19 bits per heavy atom. The maximum atomic E-state index is 12.3. The molecule has 0 unspecified atom stereocenters. The van der Waals surface area contributed by atoms with Gasteiger partial charge in [0, 0.05) is 17.5 Å². The van der Waals surface area contributed by atoms with Crippen molar-refractivity contribution in [1.29, 1.82) is 0 Å². The zero-order valence-corrected chi connectivity index (χ0v) is 12.6. The van der Waals surface area contributed by atoms with Crippen LogP contribution in [0.5, 0.6) is 5.75 Å². The van der Waals surface area contributed by atoms with Crippen LogP contribution in [-0.2, 0) is 6.54 Å². The SMILES string of the molecule is COc1ccccc1CN(CCO)C(=O)Nc1ccsc1. The number of amides is 2. The number of aliphatic hydroxyl groups is 1. The summed E-state index contributed by atoms with van der Waals surface area (Å²) in [5.74, 6) is 0.726. The molecule has 2 N–H and O–H groups in total. The van der Waals surface area contributed by atoms with Crippen molar-refractivity contribution in [3.8, 4) is 5.75 Å². The van der Waals surface area contributed by atoms with Gasteiger partial charge in [0.1, 0.15) is 5.75 Å². The molecule has 5 nitrogen and oxygen atoms in total. The molecule has 0 atom stereocenters. The molecule has 112 valence electrons. The Morgan fingerprint density at radius 3 is 2.86 bits per heavy atom.